The Morgan fingerprint density at radius 1 is 1.00 bits per heavy atom. The van der Waals surface area contributed by atoms with Crippen LogP contribution in [0.2, 0.25) is 0 Å². The average molecular weight is 403 g/mol. The lowest BCUT2D eigenvalue weighted by Crippen LogP contribution is -2.42. The van der Waals surface area contributed by atoms with Gasteiger partial charge in [0.25, 0.3) is 5.91 Å². The molecule has 0 aliphatic carbocycles. The van der Waals surface area contributed by atoms with Crippen molar-refractivity contribution in [3.63, 3.8) is 0 Å². The number of amides is 1. The Hall–Kier alpha value is -3.19. The first-order valence-electron chi connectivity index (χ1n) is 10.4. The van der Waals surface area contributed by atoms with Crippen LogP contribution in [0.25, 0.3) is 11.4 Å². The molecule has 0 spiro atoms. The van der Waals surface area contributed by atoms with Crippen LogP contribution in [0.15, 0.2) is 54.6 Å². The highest BCUT2D eigenvalue weighted by Gasteiger charge is 2.31. The van der Waals surface area contributed by atoms with Crippen molar-refractivity contribution in [3.05, 3.63) is 66.0 Å². The lowest BCUT2D eigenvalue weighted by molar-refractivity contribution is 0.0681. The number of nitrogens with zero attached hydrogens (tertiary/aromatic N) is 5. The van der Waals surface area contributed by atoms with Gasteiger partial charge < -0.3 is 19.1 Å². The quantitative estimate of drug-likeness (QED) is 0.673. The monoisotopic (exact) mass is 403 g/mol. The fourth-order valence-corrected chi connectivity index (χ4v) is 4.37. The summed E-state index contributed by atoms with van der Waals surface area (Å²) in [6, 6.07) is 18.1. The number of hydrogen-bond acceptors (Lipinski definition) is 5. The molecule has 1 aromatic heterocycles. The number of carbonyl (C=O) groups excluding carboxylic acids is 1. The average Bonchev–Trinajstić information content (AvgIpc) is 3.24. The maximum absolute atomic E-state index is 13.5. The van der Waals surface area contributed by atoms with Crippen molar-refractivity contribution in [2.24, 2.45) is 0 Å². The molecule has 0 radical (unpaired) electrons. The number of benzene rings is 2. The van der Waals surface area contributed by atoms with E-state index >= 15 is 0 Å². The number of para-hydroxylation sites is 1. The SMILES string of the molecule is C[C@H]1CN(C(=O)c2ccccc2N2CCOCC2)Cc2nnc(-c3ccccc3)n21. The van der Waals surface area contributed by atoms with Crippen molar-refractivity contribution in [1.82, 2.24) is 19.7 Å². The Labute approximate surface area is 175 Å². The van der Waals surface area contributed by atoms with Gasteiger partial charge >= 0.3 is 0 Å². The number of morpholine rings is 1. The maximum atomic E-state index is 13.5. The van der Waals surface area contributed by atoms with Gasteiger partial charge in [0.05, 0.1) is 31.4 Å². The van der Waals surface area contributed by atoms with Crippen LogP contribution in [0.4, 0.5) is 5.69 Å². The largest absolute Gasteiger partial charge is 0.378 e. The van der Waals surface area contributed by atoms with Gasteiger partial charge in [-0.05, 0) is 19.1 Å². The maximum Gasteiger partial charge on any atom is 0.256 e. The van der Waals surface area contributed by atoms with E-state index in [-0.39, 0.29) is 11.9 Å². The molecule has 3 aromatic rings. The summed E-state index contributed by atoms with van der Waals surface area (Å²) in [7, 11) is 0. The highest BCUT2D eigenvalue weighted by Crippen LogP contribution is 2.30. The van der Waals surface area contributed by atoms with E-state index in [2.05, 4.69) is 26.6 Å². The van der Waals surface area contributed by atoms with Gasteiger partial charge in [0, 0.05) is 30.9 Å². The number of ether oxygens (including phenoxy) is 1. The van der Waals surface area contributed by atoms with E-state index in [0.29, 0.717) is 26.3 Å². The molecule has 0 N–H and O–H groups in total. The fraction of sp³-hybridized carbons (Fsp3) is 0.348. The second-order valence-electron chi connectivity index (χ2n) is 7.83. The minimum absolute atomic E-state index is 0.0412. The summed E-state index contributed by atoms with van der Waals surface area (Å²) in [4.78, 5) is 17.6. The van der Waals surface area contributed by atoms with Crippen LogP contribution >= 0.6 is 0 Å². The molecule has 30 heavy (non-hydrogen) atoms. The molecule has 0 saturated carbocycles. The molecule has 0 bridgehead atoms. The number of aromatic nitrogens is 3. The van der Waals surface area contributed by atoms with Gasteiger partial charge in [-0.3, -0.25) is 4.79 Å². The lowest BCUT2D eigenvalue weighted by atomic mass is 10.1. The van der Waals surface area contributed by atoms with E-state index in [1.54, 1.807) is 0 Å². The molecule has 1 saturated heterocycles. The summed E-state index contributed by atoms with van der Waals surface area (Å²) in [6.07, 6.45) is 0. The number of rotatable bonds is 3. The van der Waals surface area contributed by atoms with Crippen LogP contribution in [0.5, 0.6) is 0 Å². The van der Waals surface area contributed by atoms with Crippen LogP contribution < -0.4 is 4.90 Å². The third-order valence-electron chi connectivity index (χ3n) is 5.83. The van der Waals surface area contributed by atoms with Crippen LogP contribution in [0.1, 0.15) is 29.1 Å². The summed E-state index contributed by atoms with van der Waals surface area (Å²) in [5.74, 6) is 1.73. The van der Waals surface area contributed by atoms with Crippen LogP contribution in [-0.2, 0) is 11.3 Å². The molecular formula is C23H25N5O2. The second kappa shape index (κ2) is 7.91. The molecule has 1 atom stereocenters. The van der Waals surface area contributed by atoms with E-state index in [4.69, 9.17) is 4.74 Å². The first-order chi connectivity index (χ1) is 14.7. The van der Waals surface area contributed by atoms with E-state index in [1.165, 1.54) is 0 Å². The zero-order valence-electron chi connectivity index (χ0n) is 17.1. The van der Waals surface area contributed by atoms with Gasteiger partial charge in [-0.25, -0.2) is 0 Å². The normalized spacial score (nSPS) is 18.9. The van der Waals surface area contributed by atoms with Gasteiger partial charge in [-0.15, -0.1) is 10.2 Å². The predicted molar refractivity (Wildman–Crippen MR) is 114 cm³/mol. The molecule has 2 aromatic carbocycles. The molecule has 7 nitrogen and oxygen atoms in total. The number of carbonyl (C=O) groups is 1. The minimum atomic E-state index is 0.0412. The van der Waals surface area contributed by atoms with Crippen LogP contribution in [0, 0.1) is 0 Å². The molecular weight excluding hydrogens is 378 g/mol. The Morgan fingerprint density at radius 3 is 2.53 bits per heavy atom. The Bertz CT molecular complexity index is 1040. The van der Waals surface area contributed by atoms with Gasteiger partial charge in [0.2, 0.25) is 0 Å². The van der Waals surface area contributed by atoms with Gasteiger partial charge in [0.1, 0.15) is 0 Å². The van der Waals surface area contributed by atoms with Crippen molar-refractivity contribution in [2.45, 2.75) is 19.5 Å². The molecule has 2 aliphatic rings. The highest BCUT2D eigenvalue weighted by molar-refractivity contribution is 6.00. The van der Waals surface area contributed by atoms with Crippen LogP contribution in [0.3, 0.4) is 0 Å². The number of anilines is 1. The summed E-state index contributed by atoms with van der Waals surface area (Å²) in [5, 5.41) is 8.84. The van der Waals surface area contributed by atoms with Crippen molar-refractivity contribution < 1.29 is 9.53 Å². The van der Waals surface area contributed by atoms with E-state index in [9.17, 15) is 4.79 Å². The molecule has 2 aliphatic heterocycles. The molecule has 3 heterocycles. The molecule has 0 unspecified atom stereocenters. The third kappa shape index (κ3) is 3.35. The standard InChI is InChI=1S/C23H25N5O2/c1-17-15-27(16-21-24-25-22(28(17)21)18-7-3-2-4-8-18)23(29)19-9-5-6-10-20(19)26-11-13-30-14-12-26/h2-10,17H,11-16H2,1H3/t17-/m0/s1. The summed E-state index contributed by atoms with van der Waals surface area (Å²) in [5.41, 5.74) is 2.76. The Balaban J connectivity index is 1.43. The van der Waals surface area contributed by atoms with Gasteiger partial charge in [0.15, 0.2) is 11.6 Å². The minimum Gasteiger partial charge on any atom is -0.378 e. The Morgan fingerprint density at radius 2 is 1.73 bits per heavy atom. The van der Waals surface area contributed by atoms with E-state index < -0.39 is 0 Å². The summed E-state index contributed by atoms with van der Waals surface area (Å²) < 4.78 is 7.63. The van der Waals surface area contributed by atoms with Crippen LogP contribution in [-0.4, -0.2) is 58.4 Å². The van der Waals surface area contributed by atoms with Crippen molar-refractivity contribution in [1.29, 1.82) is 0 Å². The molecule has 1 fully saturated rings. The first kappa shape index (κ1) is 18.8. The van der Waals surface area contributed by atoms with Gasteiger partial charge in [-0.2, -0.15) is 0 Å². The topological polar surface area (TPSA) is 63.5 Å². The predicted octanol–water partition coefficient (Wildman–Crippen LogP) is 3.00. The second-order valence-corrected chi connectivity index (χ2v) is 7.83. The summed E-state index contributed by atoms with van der Waals surface area (Å²) >= 11 is 0. The van der Waals surface area contributed by atoms with E-state index in [0.717, 1.165) is 41.6 Å². The molecule has 1 amide bonds. The van der Waals surface area contributed by atoms with Gasteiger partial charge in [-0.1, -0.05) is 42.5 Å². The smallest absolute Gasteiger partial charge is 0.256 e. The molecule has 7 heteroatoms. The number of fused-ring (bicyclic) bond motifs is 1. The lowest BCUT2D eigenvalue weighted by Gasteiger charge is -2.35. The molecule has 154 valence electrons. The van der Waals surface area contributed by atoms with Crippen molar-refractivity contribution in [2.75, 3.05) is 37.7 Å². The van der Waals surface area contributed by atoms with Crippen molar-refractivity contribution in [3.8, 4) is 11.4 Å². The number of hydrogen-bond donors (Lipinski definition) is 0. The Kier molecular flexibility index (Phi) is 4.96. The van der Waals surface area contributed by atoms with Crippen molar-refractivity contribution >= 4 is 11.6 Å². The highest BCUT2D eigenvalue weighted by atomic mass is 16.5. The third-order valence-corrected chi connectivity index (χ3v) is 5.83. The first-order valence-corrected chi connectivity index (χ1v) is 10.4. The van der Waals surface area contributed by atoms with E-state index in [1.807, 2.05) is 59.5 Å². The fourth-order valence-electron chi connectivity index (χ4n) is 4.37. The zero-order valence-corrected chi connectivity index (χ0v) is 17.1. The zero-order chi connectivity index (χ0) is 20.5. The molecule has 5 rings (SSSR count). The summed E-state index contributed by atoms with van der Waals surface area (Å²) in [6.45, 7) is 6.18.